The topological polar surface area (TPSA) is 81.5 Å². The number of hydrogen-bond donors (Lipinski definition) is 1. The zero-order valence-electron chi connectivity index (χ0n) is 10.8. The number of carboxylic acids is 1. The van der Waals surface area contributed by atoms with Crippen molar-refractivity contribution in [2.24, 2.45) is 0 Å². The monoisotopic (exact) mass is 272 g/mol. The SMILES string of the molecule is Cc1ncc(C(=O)O)c(-c2ccc3c(c2)OCCO3)n1. The first-order valence-corrected chi connectivity index (χ1v) is 6.12. The van der Waals surface area contributed by atoms with E-state index in [2.05, 4.69) is 9.97 Å². The number of aromatic carboxylic acids is 1. The predicted octanol–water partition coefficient (Wildman–Crippen LogP) is 1.92. The van der Waals surface area contributed by atoms with E-state index >= 15 is 0 Å². The van der Waals surface area contributed by atoms with E-state index in [9.17, 15) is 9.90 Å². The maximum absolute atomic E-state index is 11.3. The second kappa shape index (κ2) is 4.80. The van der Waals surface area contributed by atoms with Gasteiger partial charge in [-0.05, 0) is 25.1 Å². The zero-order valence-corrected chi connectivity index (χ0v) is 10.8. The van der Waals surface area contributed by atoms with Gasteiger partial charge in [0.15, 0.2) is 11.5 Å². The molecular formula is C14H12N2O4. The number of carbonyl (C=O) groups is 1. The van der Waals surface area contributed by atoms with Crippen LogP contribution in [0, 0.1) is 6.92 Å². The van der Waals surface area contributed by atoms with E-state index in [-0.39, 0.29) is 5.56 Å². The van der Waals surface area contributed by atoms with Crippen LogP contribution in [-0.2, 0) is 0 Å². The molecule has 0 saturated carbocycles. The number of rotatable bonds is 2. The fraction of sp³-hybridized carbons (Fsp3) is 0.214. The highest BCUT2D eigenvalue weighted by Crippen LogP contribution is 2.34. The lowest BCUT2D eigenvalue weighted by Gasteiger charge is -2.19. The van der Waals surface area contributed by atoms with Gasteiger partial charge in [-0.2, -0.15) is 0 Å². The van der Waals surface area contributed by atoms with Gasteiger partial charge in [-0.1, -0.05) is 0 Å². The number of ether oxygens (including phenoxy) is 2. The highest BCUT2D eigenvalue weighted by Gasteiger charge is 2.18. The van der Waals surface area contributed by atoms with Crippen LogP contribution in [-0.4, -0.2) is 34.3 Å². The van der Waals surface area contributed by atoms with Crippen molar-refractivity contribution in [1.82, 2.24) is 9.97 Å². The number of carboxylic acid groups (broad SMARTS) is 1. The molecule has 0 saturated heterocycles. The van der Waals surface area contributed by atoms with Crippen LogP contribution in [0.5, 0.6) is 11.5 Å². The zero-order chi connectivity index (χ0) is 14.1. The van der Waals surface area contributed by atoms with Gasteiger partial charge in [0.05, 0.1) is 5.69 Å². The molecule has 0 aliphatic carbocycles. The highest BCUT2D eigenvalue weighted by molar-refractivity contribution is 5.94. The molecule has 1 aromatic carbocycles. The lowest BCUT2D eigenvalue weighted by Crippen LogP contribution is -2.15. The Labute approximate surface area is 115 Å². The summed E-state index contributed by atoms with van der Waals surface area (Å²) < 4.78 is 10.9. The minimum Gasteiger partial charge on any atom is -0.486 e. The Morgan fingerprint density at radius 2 is 2.00 bits per heavy atom. The Morgan fingerprint density at radius 1 is 1.25 bits per heavy atom. The highest BCUT2D eigenvalue weighted by atomic mass is 16.6. The average Bonchev–Trinajstić information content (AvgIpc) is 2.46. The summed E-state index contributed by atoms with van der Waals surface area (Å²) in [6.45, 7) is 2.71. The van der Waals surface area contributed by atoms with Crippen LogP contribution in [0.15, 0.2) is 24.4 Å². The molecule has 0 radical (unpaired) electrons. The molecule has 6 heteroatoms. The maximum atomic E-state index is 11.3. The molecule has 0 unspecified atom stereocenters. The number of fused-ring (bicyclic) bond motifs is 1. The van der Waals surface area contributed by atoms with Crippen molar-refractivity contribution in [3.8, 4) is 22.8 Å². The van der Waals surface area contributed by atoms with Gasteiger partial charge >= 0.3 is 5.97 Å². The number of nitrogens with zero attached hydrogens (tertiary/aromatic N) is 2. The number of hydrogen-bond acceptors (Lipinski definition) is 5. The first-order chi connectivity index (χ1) is 9.65. The largest absolute Gasteiger partial charge is 0.486 e. The summed E-state index contributed by atoms with van der Waals surface area (Å²) in [5, 5.41) is 9.22. The minimum absolute atomic E-state index is 0.0623. The van der Waals surface area contributed by atoms with E-state index in [1.165, 1.54) is 6.20 Å². The summed E-state index contributed by atoms with van der Waals surface area (Å²) in [6, 6.07) is 5.26. The van der Waals surface area contributed by atoms with Gasteiger partial charge in [0.1, 0.15) is 24.6 Å². The molecular weight excluding hydrogens is 260 g/mol. The van der Waals surface area contributed by atoms with Crippen molar-refractivity contribution >= 4 is 5.97 Å². The molecule has 0 spiro atoms. The average molecular weight is 272 g/mol. The van der Waals surface area contributed by atoms with Crippen molar-refractivity contribution in [3.63, 3.8) is 0 Å². The molecule has 2 heterocycles. The molecule has 0 fully saturated rings. The van der Waals surface area contributed by atoms with Crippen molar-refractivity contribution in [1.29, 1.82) is 0 Å². The summed E-state index contributed by atoms with van der Waals surface area (Å²) in [5.74, 6) is 0.707. The molecule has 0 amide bonds. The van der Waals surface area contributed by atoms with Gasteiger partial charge in [0.2, 0.25) is 0 Å². The van der Waals surface area contributed by atoms with E-state index < -0.39 is 5.97 Å². The standard InChI is InChI=1S/C14H12N2O4/c1-8-15-7-10(14(17)18)13(16-8)9-2-3-11-12(6-9)20-5-4-19-11/h2-3,6-7H,4-5H2,1H3,(H,17,18). The molecule has 3 rings (SSSR count). The van der Waals surface area contributed by atoms with Crippen molar-refractivity contribution < 1.29 is 19.4 Å². The first-order valence-electron chi connectivity index (χ1n) is 6.12. The third-order valence-electron chi connectivity index (χ3n) is 2.96. The van der Waals surface area contributed by atoms with Gasteiger partial charge in [0.25, 0.3) is 0 Å². The van der Waals surface area contributed by atoms with Crippen LogP contribution >= 0.6 is 0 Å². The maximum Gasteiger partial charge on any atom is 0.339 e. The van der Waals surface area contributed by atoms with E-state index in [1.807, 2.05) is 0 Å². The number of aromatic nitrogens is 2. The second-order valence-electron chi connectivity index (χ2n) is 4.34. The lowest BCUT2D eigenvalue weighted by atomic mass is 10.1. The Bertz CT molecular complexity index is 685. The Morgan fingerprint density at radius 3 is 2.75 bits per heavy atom. The quantitative estimate of drug-likeness (QED) is 0.899. The van der Waals surface area contributed by atoms with Crippen molar-refractivity contribution in [2.75, 3.05) is 13.2 Å². The molecule has 1 aliphatic rings. The molecule has 20 heavy (non-hydrogen) atoms. The van der Waals surface area contributed by atoms with Crippen LogP contribution in [0.4, 0.5) is 0 Å². The van der Waals surface area contributed by atoms with Gasteiger partial charge in [-0.25, -0.2) is 14.8 Å². The Hall–Kier alpha value is -2.63. The third-order valence-corrected chi connectivity index (χ3v) is 2.96. The molecule has 0 bridgehead atoms. The summed E-state index contributed by atoms with van der Waals surface area (Å²) in [6.07, 6.45) is 1.32. The third kappa shape index (κ3) is 2.16. The predicted molar refractivity (Wildman–Crippen MR) is 70.2 cm³/mol. The van der Waals surface area contributed by atoms with Gasteiger partial charge < -0.3 is 14.6 Å². The summed E-state index contributed by atoms with van der Waals surface area (Å²) in [4.78, 5) is 19.4. The van der Waals surface area contributed by atoms with Crippen LogP contribution in [0.1, 0.15) is 16.2 Å². The van der Waals surface area contributed by atoms with E-state index in [1.54, 1.807) is 25.1 Å². The molecule has 1 aromatic heterocycles. The Kier molecular flexibility index (Phi) is 2.98. The summed E-state index contributed by atoms with van der Waals surface area (Å²) in [7, 11) is 0. The van der Waals surface area contributed by atoms with E-state index in [0.717, 1.165) is 0 Å². The normalized spacial score (nSPS) is 13.1. The van der Waals surface area contributed by atoms with Crippen LogP contribution in [0.2, 0.25) is 0 Å². The second-order valence-corrected chi connectivity index (χ2v) is 4.34. The Balaban J connectivity index is 2.13. The first kappa shape index (κ1) is 12.4. The fourth-order valence-electron chi connectivity index (χ4n) is 2.04. The van der Waals surface area contributed by atoms with Crippen LogP contribution in [0.3, 0.4) is 0 Å². The minimum atomic E-state index is -1.06. The summed E-state index contributed by atoms with van der Waals surface area (Å²) >= 11 is 0. The number of benzene rings is 1. The molecule has 0 atom stereocenters. The summed E-state index contributed by atoms with van der Waals surface area (Å²) in [5.41, 5.74) is 1.10. The molecule has 6 nitrogen and oxygen atoms in total. The molecule has 102 valence electrons. The molecule has 1 aliphatic heterocycles. The van der Waals surface area contributed by atoms with E-state index in [4.69, 9.17) is 9.47 Å². The van der Waals surface area contributed by atoms with Gasteiger partial charge in [-0.3, -0.25) is 0 Å². The van der Waals surface area contributed by atoms with Crippen molar-refractivity contribution in [3.05, 3.63) is 35.8 Å². The smallest absolute Gasteiger partial charge is 0.339 e. The fourth-order valence-corrected chi connectivity index (χ4v) is 2.04. The molecule has 2 aromatic rings. The lowest BCUT2D eigenvalue weighted by molar-refractivity contribution is 0.0697. The van der Waals surface area contributed by atoms with Gasteiger partial charge in [-0.15, -0.1) is 0 Å². The number of aryl methyl sites for hydroxylation is 1. The van der Waals surface area contributed by atoms with Gasteiger partial charge in [0, 0.05) is 11.8 Å². The van der Waals surface area contributed by atoms with E-state index in [0.29, 0.717) is 41.8 Å². The van der Waals surface area contributed by atoms with Crippen LogP contribution in [0.25, 0.3) is 11.3 Å². The van der Waals surface area contributed by atoms with Crippen LogP contribution < -0.4 is 9.47 Å². The van der Waals surface area contributed by atoms with Crippen molar-refractivity contribution in [2.45, 2.75) is 6.92 Å². The molecule has 1 N–H and O–H groups in total.